The van der Waals surface area contributed by atoms with Gasteiger partial charge in [0.15, 0.2) is 0 Å². The first kappa shape index (κ1) is 24.2. The molecule has 33 heavy (non-hydrogen) atoms. The molecule has 0 fully saturated rings. The summed E-state index contributed by atoms with van der Waals surface area (Å²) in [5.41, 5.74) is 1.78. The molecule has 0 saturated carbocycles. The molecule has 0 saturated heterocycles. The van der Waals surface area contributed by atoms with Crippen LogP contribution in [0.2, 0.25) is 5.02 Å². The molecule has 0 bridgehead atoms. The van der Waals surface area contributed by atoms with Crippen LogP contribution in [0.3, 0.4) is 0 Å². The Labute approximate surface area is 205 Å². The average Bonchev–Trinajstić information content (AvgIpc) is 2.83. The molecular weight excluding hydrogens is 508 g/mol. The Balaban J connectivity index is 1.88. The minimum Gasteiger partial charge on any atom is -0.495 e. The second kappa shape index (κ2) is 11.4. The van der Waals surface area contributed by atoms with Gasteiger partial charge in [0, 0.05) is 22.2 Å². The zero-order chi connectivity index (χ0) is 23.8. The molecule has 0 unspecified atom stereocenters. The van der Waals surface area contributed by atoms with Gasteiger partial charge in [0.1, 0.15) is 35.5 Å². The van der Waals surface area contributed by atoms with Crippen molar-refractivity contribution in [1.82, 2.24) is 0 Å². The first-order valence-corrected chi connectivity index (χ1v) is 10.9. The van der Waals surface area contributed by atoms with Gasteiger partial charge in [0.25, 0.3) is 5.91 Å². The molecule has 0 radical (unpaired) electrons. The van der Waals surface area contributed by atoms with E-state index in [0.717, 1.165) is 10.0 Å². The van der Waals surface area contributed by atoms with Crippen LogP contribution in [-0.4, -0.2) is 20.1 Å². The lowest BCUT2D eigenvalue weighted by atomic mass is 10.1. The summed E-state index contributed by atoms with van der Waals surface area (Å²) >= 11 is 9.55. The van der Waals surface area contributed by atoms with E-state index in [2.05, 4.69) is 21.2 Å². The number of rotatable bonds is 8. The lowest BCUT2D eigenvalue weighted by Crippen LogP contribution is -2.14. The van der Waals surface area contributed by atoms with E-state index in [1.54, 1.807) is 12.1 Å². The van der Waals surface area contributed by atoms with Gasteiger partial charge in [-0.2, -0.15) is 5.26 Å². The predicted octanol–water partition coefficient (Wildman–Crippen LogP) is 6.24. The van der Waals surface area contributed by atoms with Gasteiger partial charge in [-0.05, 0) is 29.8 Å². The molecule has 3 aromatic carbocycles. The van der Waals surface area contributed by atoms with Crippen molar-refractivity contribution >= 4 is 45.2 Å². The van der Waals surface area contributed by atoms with Crippen LogP contribution in [0.4, 0.5) is 5.69 Å². The summed E-state index contributed by atoms with van der Waals surface area (Å²) in [6.45, 7) is 0.346. The molecule has 168 valence electrons. The van der Waals surface area contributed by atoms with Crippen LogP contribution in [0.5, 0.6) is 17.2 Å². The highest BCUT2D eigenvalue weighted by atomic mass is 79.9. The van der Waals surface area contributed by atoms with E-state index in [-0.39, 0.29) is 5.57 Å². The number of nitrogens with zero attached hydrogens (tertiary/aromatic N) is 1. The van der Waals surface area contributed by atoms with E-state index in [9.17, 15) is 10.1 Å². The summed E-state index contributed by atoms with van der Waals surface area (Å²) in [5, 5.41) is 12.7. The predicted molar refractivity (Wildman–Crippen MR) is 132 cm³/mol. The van der Waals surface area contributed by atoms with E-state index >= 15 is 0 Å². The van der Waals surface area contributed by atoms with Gasteiger partial charge in [-0.3, -0.25) is 4.79 Å². The highest BCUT2D eigenvalue weighted by molar-refractivity contribution is 9.10. The van der Waals surface area contributed by atoms with E-state index in [1.165, 1.54) is 32.4 Å². The zero-order valence-electron chi connectivity index (χ0n) is 17.9. The maximum absolute atomic E-state index is 12.9. The largest absolute Gasteiger partial charge is 0.495 e. The topological polar surface area (TPSA) is 80.6 Å². The average molecular weight is 528 g/mol. The van der Waals surface area contributed by atoms with Gasteiger partial charge in [-0.15, -0.1) is 0 Å². The van der Waals surface area contributed by atoms with Crippen molar-refractivity contribution in [1.29, 1.82) is 5.26 Å². The molecule has 1 N–H and O–H groups in total. The summed E-state index contributed by atoms with van der Waals surface area (Å²) in [7, 11) is 2.91. The smallest absolute Gasteiger partial charge is 0.266 e. The summed E-state index contributed by atoms with van der Waals surface area (Å²) in [6.07, 6.45) is 1.47. The molecule has 0 aromatic heterocycles. The van der Waals surface area contributed by atoms with Crippen LogP contribution in [-0.2, 0) is 11.4 Å². The quantitative estimate of drug-likeness (QED) is 0.277. The summed E-state index contributed by atoms with van der Waals surface area (Å²) in [5.74, 6) is 0.613. The Morgan fingerprint density at radius 3 is 2.45 bits per heavy atom. The molecule has 6 nitrogen and oxygen atoms in total. The Morgan fingerprint density at radius 1 is 1.06 bits per heavy atom. The SMILES string of the molecule is COc1cc(NC(=O)/C(C#N)=C/c2cc(Br)ccc2OCc2ccccc2)c(OC)cc1Cl. The van der Waals surface area contributed by atoms with E-state index in [1.807, 2.05) is 42.5 Å². The number of amides is 1. The minimum absolute atomic E-state index is 0.117. The molecule has 0 spiro atoms. The van der Waals surface area contributed by atoms with Gasteiger partial charge >= 0.3 is 0 Å². The van der Waals surface area contributed by atoms with Gasteiger partial charge in [0.05, 0.1) is 24.9 Å². The van der Waals surface area contributed by atoms with E-state index in [4.69, 9.17) is 25.8 Å². The Hall–Kier alpha value is -3.47. The Kier molecular flexibility index (Phi) is 8.36. The number of hydrogen-bond donors (Lipinski definition) is 1. The third-order valence-corrected chi connectivity index (χ3v) is 5.38. The monoisotopic (exact) mass is 526 g/mol. The van der Waals surface area contributed by atoms with Gasteiger partial charge in [0.2, 0.25) is 0 Å². The number of methoxy groups -OCH3 is 2. The number of carbonyl (C=O) groups excluding carboxylic acids is 1. The van der Waals surface area contributed by atoms with E-state index in [0.29, 0.717) is 40.1 Å². The number of benzene rings is 3. The van der Waals surface area contributed by atoms with Gasteiger partial charge in [-0.25, -0.2) is 0 Å². The van der Waals surface area contributed by atoms with Crippen LogP contribution in [0, 0.1) is 11.3 Å². The van der Waals surface area contributed by atoms with Gasteiger partial charge in [-0.1, -0.05) is 57.9 Å². The number of halogens is 2. The summed E-state index contributed by atoms with van der Waals surface area (Å²) in [6, 6.07) is 20.1. The zero-order valence-corrected chi connectivity index (χ0v) is 20.2. The van der Waals surface area contributed by atoms with Gasteiger partial charge < -0.3 is 19.5 Å². The molecule has 0 aliphatic carbocycles. The molecule has 0 heterocycles. The molecule has 0 aliphatic rings. The second-order valence-corrected chi connectivity index (χ2v) is 8.09. The number of nitriles is 1. The third-order valence-electron chi connectivity index (χ3n) is 4.60. The number of anilines is 1. The summed E-state index contributed by atoms with van der Waals surface area (Å²) in [4.78, 5) is 12.9. The Bertz CT molecular complexity index is 1220. The molecule has 0 aliphatic heterocycles. The first-order chi connectivity index (χ1) is 15.9. The van der Waals surface area contributed by atoms with Crippen molar-refractivity contribution in [2.45, 2.75) is 6.61 Å². The molecular formula is C25H20BrClN2O4. The lowest BCUT2D eigenvalue weighted by molar-refractivity contribution is -0.112. The normalized spacial score (nSPS) is 10.8. The molecule has 0 atom stereocenters. The fraction of sp³-hybridized carbons (Fsp3) is 0.120. The Morgan fingerprint density at radius 2 is 1.79 bits per heavy atom. The van der Waals surface area contributed by atoms with Crippen LogP contribution in [0.25, 0.3) is 6.08 Å². The standard InChI is InChI=1S/C25H20BrClN2O4/c1-31-23-13-21(24(32-2)12-20(23)27)29-25(30)18(14-28)10-17-11-19(26)8-9-22(17)33-15-16-6-4-3-5-7-16/h3-13H,15H2,1-2H3,(H,29,30)/b18-10+. The van der Waals surface area contributed by atoms with Crippen molar-refractivity contribution in [2.75, 3.05) is 19.5 Å². The maximum Gasteiger partial charge on any atom is 0.266 e. The van der Waals surface area contributed by atoms with Crippen molar-refractivity contribution in [3.8, 4) is 23.3 Å². The number of ether oxygens (including phenoxy) is 3. The minimum atomic E-state index is -0.617. The summed E-state index contributed by atoms with van der Waals surface area (Å²) < 4.78 is 17.2. The molecule has 3 rings (SSSR count). The molecule has 1 amide bonds. The maximum atomic E-state index is 12.9. The van der Waals surface area contributed by atoms with Crippen molar-refractivity contribution in [2.24, 2.45) is 0 Å². The second-order valence-electron chi connectivity index (χ2n) is 6.77. The highest BCUT2D eigenvalue weighted by Gasteiger charge is 2.16. The van der Waals surface area contributed by atoms with Crippen LogP contribution in [0.15, 0.2) is 70.7 Å². The van der Waals surface area contributed by atoms with Crippen LogP contribution < -0.4 is 19.5 Å². The van der Waals surface area contributed by atoms with Crippen molar-refractivity contribution < 1.29 is 19.0 Å². The molecule has 8 heteroatoms. The van der Waals surface area contributed by atoms with Crippen molar-refractivity contribution in [3.05, 3.63) is 86.9 Å². The fourth-order valence-corrected chi connectivity index (χ4v) is 3.56. The number of hydrogen-bond acceptors (Lipinski definition) is 5. The first-order valence-electron chi connectivity index (χ1n) is 9.76. The molecule has 3 aromatic rings. The number of carbonyl (C=O) groups is 1. The number of nitrogens with one attached hydrogen (secondary N) is 1. The lowest BCUT2D eigenvalue weighted by Gasteiger charge is -2.13. The third kappa shape index (κ3) is 6.28. The van der Waals surface area contributed by atoms with Crippen LogP contribution in [0.1, 0.15) is 11.1 Å². The fourth-order valence-electron chi connectivity index (χ4n) is 2.95. The van der Waals surface area contributed by atoms with Crippen LogP contribution >= 0.6 is 27.5 Å². The van der Waals surface area contributed by atoms with E-state index < -0.39 is 5.91 Å². The van der Waals surface area contributed by atoms with Crippen molar-refractivity contribution in [3.63, 3.8) is 0 Å². The highest BCUT2D eigenvalue weighted by Crippen LogP contribution is 2.36.